The van der Waals surface area contributed by atoms with E-state index in [0.29, 0.717) is 0 Å². The van der Waals surface area contributed by atoms with Gasteiger partial charge in [-0.25, -0.2) is 13.2 Å². The molecule has 0 aliphatic heterocycles. The Morgan fingerprint density at radius 2 is 1.30 bits per heavy atom. The zero-order chi connectivity index (χ0) is 17.0. The van der Waals surface area contributed by atoms with Crippen molar-refractivity contribution in [3.63, 3.8) is 0 Å². The van der Waals surface area contributed by atoms with Gasteiger partial charge in [-0.1, -0.05) is 0 Å². The highest BCUT2D eigenvalue weighted by Crippen LogP contribution is 2.19. The van der Waals surface area contributed by atoms with Gasteiger partial charge in [0.05, 0.1) is 6.26 Å². The van der Waals surface area contributed by atoms with Crippen LogP contribution in [0.1, 0.15) is 0 Å². The molecule has 122 valence electrons. The van der Waals surface area contributed by atoms with E-state index in [0.717, 1.165) is 6.26 Å². The molecule has 20 heavy (non-hydrogen) atoms. The number of hydrogen-bond acceptors (Lipinski definition) is 5. The lowest BCUT2D eigenvalue weighted by Crippen LogP contribution is -2.36. The van der Waals surface area contributed by atoms with Crippen LogP contribution in [0, 0.1) is 0 Å². The number of carbonyl (C=O) groups is 1. The van der Waals surface area contributed by atoms with Crippen LogP contribution >= 0.6 is 0 Å². The van der Waals surface area contributed by atoms with E-state index in [1.807, 2.05) is 19.6 Å². The van der Waals surface area contributed by atoms with Gasteiger partial charge in [0.25, 0.3) is 10.1 Å². The maximum Gasteiger partial charge on any atom is 0.489 e. The summed E-state index contributed by atoms with van der Waals surface area (Å²) < 4.78 is 64.4. The largest absolute Gasteiger partial charge is 0.513 e. The average molecular weight is 354 g/mol. The smallest absolute Gasteiger partial charge is 0.489 e. The maximum atomic E-state index is 11.5. The second kappa shape index (κ2) is 7.05. The third-order valence-electron chi connectivity index (χ3n) is 1.03. The number of hydrogen-bond donors (Lipinski definition) is 0. The third-order valence-corrected chi connectivity index (χ3v) is 5.04. The number of rotatable bonds is 3. The summed E-state index contributed by atoms with van der Waals surface area (Å²) in [4.78, 5) is 10.2. The van der Waals surface area contributed by atoms with Crippen molar-refractivity contribution >= 4 is 32.7 Å². The first-order valence-electron chi connectivity index (χ1n) is 5.54. The van der Waals surface area contributed by atoms with Crippen LogP contribution in [0.3, 0.4) is 0 Å². The van der Waals surface area contributed by atoms with Crippen molar-refractivity contribution in [2.45, 2.75) is 45.5 Å². The average Bonchev–Trinajstić information content (AvgIpc) is 1.90. The monoisotopic (exact) mass is 354 g/mol. The first kappa shape index (κ1) is 21.9. The van der Waals surface area contributed by atoms with Gasteiger partial charge in [-0.2, -0.15) is 13.2 Å². The van der Waals surface area contributed by atoms with Gasteiger partial charge in [-0.3, -0.25) is 0 Å². The molecule has 11 heteroatoms. The van der Waals surface area contributed by atoms with Crippen LogP contribution in [0.25, 0.3) is 0 Å². The molecule has 0 heterocycles. The van der Waals surface area contributed by atoms with Crippen LogP contribution in [-0.4, -0.2) is 43.5 Å². The molecule has 0 saturated carbocycles. The van der Waals surface area contributed by atoms with E-state index in [1.165, 1.54) is 19.6 Å². The summed E-state index contributed by atoms with van der Waals surface area (Å²) >= 11 is 0. The van der Waals surface area contributed by atoms with Crippen molar-refractivity contribution < 1.29 is 34.7 Å². The molecule has 0 N–H and O–H groups in total. The first-order chi connectivity index (χ1) is 8.33. The highest BCUT2D eigenvalue weighted by atomic mass is 32.2. The molecule has 0 unspecified atom stereocenters. The lowest BCUT2D eigenvalue weighted by Gasteiger charge is -2.17. The Kier molecular flexibility index (Phi) is 7.71. The van der Waals surface area contributed by atoms with E-state index < -0.39 is 38.9 Å². The van der Waals surface area contributed by atoms with Gasteiger partial charge in [0.2, 0.25) is 16.6 Å². The Morgan fingerprint density at radius 3 is 1.35 bits per heavy atom. The zero-order valence-corrected chi connectivity index (χ0v) is 15.4. The molecule has 0 aliphatic rings. The Morgan fingerprint density at radius 1 is 0.950 bits per heavy atom. The molecule has 0 aliphatic carbocycles. The summed E-state index contributed by atoms with van der Waals surface area (Å²) in [5.41, 5.74) is 0. The minimum atomic E-state index is -4.86. The summed E-state index contributed by atoms with van der Waals surface area (Å²) in [6.07, 6.45) is -3.79. The molecule has 0 aromatic carbocycles. The fourth-order valence-electron chi connectivity index (χ4n) is 0.790. The molecule has 0 bridgehead atoms. The van der Waals surface area contributed by atoms with E-state index in [-0.39, 0.29) is 0 Å². The van der Waals surface area contributed by atoms with Crippen molar-refractivity contribution in [1.82, 2.24) is 0 Å². The third kappa shape index (κ3) is 17.6. The van der Waals surface area contributed by atoms with Gasteiger partial charge < -0.3 is 8.30 Å². The summed E-state index contributed by atoms with van der Waals surface area (Å²) in [7, 11) is -7.50. The second-order valence-corrected chi connectivity index (χ2v) is 16.6. The van der Waals surface area contributed by atoms with Crippen molar-refractivity contribution in [3.8, 4) is 0 Å². The van der Waals surface area contributed by atoms with Gasteiger partial charge in [-0.05, 0) is 39.3 Å². The molecule has 0 rings (SSSR count). The Hall–Kier alpha value is -0.396. The van der Waals surface area contributed by atoms with Crippen molar-refractivity contribution in [1.29, 1.82) is 0 Å². The molecule has 0 amide bonds. The lowest BCUT2D eigenvalue weighted by atomic mass is 10.7. The van der Waals surface area contributed by atoms with E-state index in [1.54, 1.807) is 0 Å². The second-order valence-electron chi connectivity index (χ2n) is 5.90. The predicted octanol–water partition coefficient (Wildman–Crippen LogP) is 2.72. The van der Waals surface area contributed by atoms with E-state index in [2.05, 4.69) is 4.43 Å². The molecule has 0 fully saturated rings. The van der Waals surface area contributed by atoms with E-state index >= 15 is 0 Å². The van der Waals surface area contributed by atoms with Crippen LogP contribution in [-0.2, 0) is 23.2 Å². The number of halogens is 3. The highest BCUT2D eigenvalue weighted by Gasteiger charge is 2.43. The van der Waals surface area contributed by atoms with Crippen LogP contribution in [0.15, 0.2) is 0 Å². The SMILES string of the molecule is C[Si](C)(C)OC(=O)C(F)(F)F.C[Si](C)(C)OS(C)(=O)=O. The molecule has 0 atom stereocenters. The van der Waals surface area contributed by atoms with Gasteiger partial charge in [0.1, 0.15) is 0 Å². The standard InChI is InChI=1S/C5H9F3O2Si.C4H12O3SSi/c1-11(2,3)10-4(9)5(6,7)8;1-8(5,6)7-9(2,3)4/h1-3H3;1-4H3. The molecule has 0 saturated heterocycles. The van der Waals surface area contributed by atoms with Gasteiger partial charge >= 0.3 is 12.1 Å². The minimum Gasteiger partial charge on any atom is -0.513 e. The number of carbonyl (C=O) groups excluding carboxylic acids is 1. The fraction of sp³-hybridized carbons (Fsp3) is 0.889. The van der Waals surface area contributed by atoms with Crippen molar-refractivity contribution in [2.75, 3.05) is 6.26 Å². The summed E-state index contributed by atoms with van der Waals surface area (Å²) in [6.45, 7) is 10.0. The summed E-state index contributed by atoms with van der Waals surface area (Å²) in [5.74, 6) is -2.09. The summed E-state index contributed by atoms with van der Waals surface area (Å²) in [6, 6.07) is 0. The van der Waals surface area contributed by atoms with Crippen LogP contribution in [0.2, 0.25) is 39.3 Å². The molecular weight excluding hydrogens is 333 g/mol. The minimum absolute atomic E-state index is 1.07. The quantitative estimate of drug-likeness (QED) is 0.729. The van der Waals surface area contributed by atoms with Crippen molar-refractivity contribution in [2.24, 2.45) is 0 Å². The van der Waals surface area contributed by atoms with Crippen LogP contribution < -0.4 is 0 Å². The van der Waals surface area contributed by atoms with Crippen molar-refractivity contribution in [3.05, 3.63) is 0 Å². The topological polar surface area (TPSA) is 69.7 Å². The van der Waals surface area contributed by atoms with Crippen LogP contribution in [0.5, 0.6) is 0 Å². The number of alkyl halides is 3. The normalized spacial score (nSPS) is 13.3. The van der Waals surface area contributed by atoms with Crippen LogP contribution in [0.4, 0.5) is 13.2 Å². The summed E-state index contributed by atoms with van der Waals surface area (Å²) in [5, 5.41) is 0. The molecule has 5 nitrogen and oxygen atoms in total. The Bertz CT molecular complexity index is 420. The van der Waals surface area contributed by atoms with E-state index in [9.17, 15) is 26.4 Å². The zero-order valence-electron chi connectivity index (χ0n) is 12.6. The first-order valence-corrected chi connectivity index (χ1v) is 14.2. The molecule has 0 aromatic rings. The molecule has 0 aromatic heterocycles. The lowest BCUT2D eigenvalue weighted by molar-refractivity contribution is -0.190. The maximum absolute atomic E-state index is 11.5. The molecule has 0 radical (unpaired) electrons. The Labute approximate surface area is 119 Å². The predicted molar refractivity (Wildman–Crippen MR) is 74.8 cm³/mol. The fourth-order valence-corrected chi connectivity index (χ4v) is 5.09. The highest BCUT2D eigenvalue weighted by molar-refractivity contribution is 7.87. The molecule has 0 spiro atoms. The Balaban J connectivity index is 0. The van der Waals surface area contributed by atoms with E-state index in [4.69, 9.17) is 3.87 Å². The van der Waals surface area contributed by atoms with Gasteiger partial charge in [0, 0.05) is 0 Å². The van der Waals surface area contributed by atoms with Gasteiger partial charge in [-0.15, -0.1) is 0 Å². The van der Waals surface area contributed by atoms with Gasteiger partial charge in [0.15, 0.2) is 0 Å². The molecular formula is C9H21F3O5SSi2.